The van der Waals surface area contributed by atoms with Gasteiger partial charge in [0.25, 0.3) is 0 Å². The highest BCUT2D eigenvalue weighted by atomic mass is 79.9. The summed E-state index contributed by atoms with van der Waals surface area (Å²) >= 11 is 4.53. The summed E-state index contributed by atoms with van der Waals surface area (Å²) in [6.07, 6.45) is 0. The molecule has 1 aromatic heterocycles. The minimum atomic E-state index is -0.882. The predicted octanol–water partition coefficient (Wildman–Crippen LogP) is 2.80. The van der Waals surface area contributed by atoms with Crippen LogP contribution in [0.5, 0.6) is 0 Å². The van der Waals surface area contributed by atoms with Gasteiger partial charge in [0.1, 0.15) is 5.25 Å². The van der Waals surface area contributed by atoms with Crippen LogP contribution in [0, 0.1) is 0 Å². The number of aromatic amines is 1. The van der Waals surface area contributed by atoms with Gasteiger partial charge in [0.05, 0.1) is 0 Å². The number of benzene rings is 1. The fourth-order valence-electron chi connectivity index (χ4n) is 1.28. The van der Waals surface area contributed by atoms with Gasteiger partial charge in [-0.25, -0.2) is 4.98 Å². The Bertz CT molecular complexity index is 573. The van der Waals surface area contributed by atoms with Crippen LogP contribution in [-0.2, 0) is 4.79 Å². The van der Waals surface area contributed by atoms with Crippen LogP contribution in [0.3, 0.4) is 0 Å². The van der Waals surface area contributed by atoms with E-state index in [0.717, 1.165) is 21.8 Å². The largest absolute Gasteiger partial charge is 0.480 e. The average Bonchev–Trinajstić information content (AvgIpc) is 2.77. The minimum absolute atomic E-state index is 0.427. The van der Waals surface area contributed by atoms with E-state index >= 15 is 0 Å². The maximum absolute atomic E-state index is 10.7. The number of carbonyl (C=O) groups is 1. The fourth-order valence-corrected chi connectivity index (χ4v) is 2.41. The number of hydrogen-bond donors (Lipinski definition) is 2. The molecule has 1 aromatic carbocycles. The van der Waals surface area contributed by atoms with Gasteiger partial charge in [0.15, 0.2) is 5.82 Å². The summed E-state index contributed by atoms with van der Waals surface area (Å²) in [6.45, 7) is 1.60. The van der Waals surface area contributed by atoms with E-state index < -0.39 is 11.2 Å². The summed E-state index contributed by atoms with van der Waals surface area (Å²) in [4.78, 5) is 15.0. The molecule has 0 saturated carbocycles. The second-order valence-electron chi connectivity index (χ2n) is 3.54. The van der Waals surface area contributed by atoms with Crippen LogP contribution in [-0.4, -0.2) is 31.5 Å². The van der Waals surface area contributed by atoms with Crippen LogP contribution < -0.4 is 0 Å². The molecule has 1 heterocycles. The molecule has 5 nitrogen and oxygen atoms in total. The molecule has 2 N–H and O–H groups in total. The number of nitrogens with zero attached hydrogens (tertiary/aromatic N) is 2. The minimum Gasteiger partial charge on any atom is -0.480 e. The number of aliphatic carboxylic acids is 1. The van der Waals surface area contributed by atoms with Crippen LogP contribution in [0.4, 0.5) is 0 Å². The highest BCUT2D eigenvalue weighted by molar-refractivity contribution is 9.10. The zero-order chi connectivity index (χ0) is 13.1. The standard InChI is InChI=1S/C11H10BrN3O2S/c1-6(10(16)17)18-11-13-9(14-15-11)7-4-2-3-5-8(7)12/h2-6H,1H3,(H,16,17)(H,13,14,15). The van der Waals surface area contributed by atoms with Crippen molar-refractivity contribution in [3.05, 3.63) is 28.7 Å². The van der Waals surface area contributed by atoms with Gasteiger partial charge in [-0.1, -0.05) is 45.9 Å². The molecule has 94 valence electrons. The van der Waals surface area contributed by atoms with Crippen molar-refractivity contribution < 1.29 is 9.90 Å². The number of hydrogen-bond acceptors (Lipinski definition) is 4. The lowest BCUT2D eigenvalue weighted by Crippen LogP contribution is -2.11. The van der Waals surface area contributed by atoms with Crippen molar-refractivity contribution in [2.24, 2.45) is 0 Å². The maximum atomic E-state index is 10.7. The molecule has 1 atom stereocenters. The second-order valence-corrected chi connectivity index (χ2v) is 5.71. The van der Waals surface area contributed by atoms with Crippen molar-refractivity contribution in [1.29, 1.82) is 0 Å². The van der Waals surface area contributed by atoms with Gasteiger partial charge in [-0.15, -0.1) is 5.10 Å². The number of carboxylic acid groups (broad SMARTS) is 1. The number of nitrogens with one attached hydrogen (secondary N) is 1. The quantitative estimate of drug-likeness (QED) is 0.844. The molecule has 18 heavy (non-hydrogen) atoms. The summed E-state index contributed by atoms with van der Waals surface area (Å²) in [5.74, 6) is -0.269. The number of aromatic nitrogens is 3. The van der Waals surface area contributed by atoms with Gasteiger partial charge in [-0.2, -0.15) is 0 Å². The molecule has 0 aliphatic heterocycles. The van der Waals surface area contributed by atoms with Crippen LogP contribution >= 0.6 is 27.7 Å². The van der Waals surface area contributed by atoms with E-state index in [1.54, 1.807) is 6.92 Å². The molecule has 7 heteroatoms. The van der Waals surface area contributed by atoms with E-state index in [9.17, 15) is 4.79 Å². The Labute approximate surface area is 116 Å². The highest BCUT2D eigenvalue weighted by Gasteiger charge is 2.16. The van der Waals surface area contributed by atoms with Gasteiger partial charge in [-0.3, -0.25) is 9.89 Å². The summed E-state index contributed by atoms with van der Waals surface area (Å²) in [6, 6.07) is 7.62. The Hall–Kier alpha value is -1.34. The lowest BCUT2D eigenvalue weighted by Gasteiger charge is -2.00. The van der Waals surface area contributed by atoms with Gasteiger partial charge in [0.2, 0.25) is 5.16 Å². The normalized spacial score (nSPS) is 12.3. The lowest BCUT2D eigenvalue weighted by molar-refractivity contribution is -0.136. The third-order valence-corrected chi connectivity index (χ3v) is 3.86. The molecule has 0 aliphatic carbocycles. The van der Waals surface area contributed by atoms with Gasteiger partial charge in [0, 0.05) is 10.0 Å². The molecule has 0 amide bonds. The molecule has 1 unspecified atom stereocenters. The zero-order valence-corrected chi connectivity index (χ0v) is 11.8. The van der Waals surface area contributed by atoms with E-state index in [2.05, 4.69) is 31.1 Å². The highest BCUT2D eigenvalue weighted by Crippen LogP contribution is 2.27. The Kier molecular flexibility index (Phi) is 4.03. The summed E-state index contributed by atoms with van der Waals surface area (Å²) in [5.41, 5.74) is 0.889. The number of halogens is 1. The summed E-state index contributed by atoms with van der Waals surface area (Å²) < 4.78 is 0.906. The zero-order valence-electron chi connectivity index (χ0n) is 9.42. The predicted molar refractivity (Wildman–Crippen MR) is 72.5 cm³/mol. The van der Waals surface area contributed by atoms with Crippen molar-refractivity contribution in [1.82, 2.24) is 15.2 Å². The topological polar surface area (TPSA) is 78.9 Å². The molecule has 0 saturated heterocycles. The van der Waals surface area contributed by atoms with Crippen LogP contribution in [0.15, 0.2) is 33.9 Å². The third-order valence-electron chi connectivity index (χ3n) is 2.22. The first-order valence-corrected chi connectivity index (χ1v) is 6.82. The van der Waals surface area contributed by atoms with Crippen LogP contribution in [0.2, 0.25) is 0 Å². The first-order chi connectivity index (χ1) is 8.58. The van der Waals surface area contributed by atoms with Crippen molar-refractivity contribution in [3.8, 4) is 11.4 Å². The SMILES string of the molecule is CC(Sc1n[nH]c(-c2ccccc2Br)n1)C(=O)O. The Morgan fingerprint density at radius 2 is 2.22 bits per heavy atom. The molecule has 2 rings (SSSR count). The number of rotatable bonds is 4. The van der Waals surface area contributed by atoms with E-state index in [0.29, 0.717) is 11.0 Å². The van der Waals surface area contributed by atoms with Crippen molar-refractivity contribution in [2.45, 2.75) is 17.3 Å². The molecule has 0 aliphatic rings. The van der Waals surface area contributed by atoms with E-state index in [-0.39, 0.29) is 0 Å². The summed E-state index contributed by atoms with van der Waals surface area (Å²) in [5, 5.41) is 15.5. The molecular formula is C11H10BrN3O2S. The van der Waals surface area contributed by atoms with E-state index in [1.807, 2.05) is 24.3 Å². The smallest absolute Gasteiger partial charge is 0.316 e. The van der Waals surface area contributed by atoms with Crippen molar-refractivity contribution in [2.75, 3.05) is 0 Å². The fraction of sp³-hybridized carbons (Fsp3) is 0.182. The Morgan fingerprint density at radius 1 is 1.50 bits per heavy atom. The van der Waals surface area contributed by atoms with Crippen molar-refractivity contribution in [3.63, 3.8) is 0 Å². The van der Waals surface area contributed by atoms with Crippen LogP contribution in [0.1, 0.15) is 6.92 Å². The molecule has 0 fully saturated rings. The molecular weight excluding hydrogens is 318 g/mol. The first kappa shape index (κ1) is 13.1. The second kappa shape index (κ2) is 5.53. The molecule has 2 aromatic rings. The molecule has 0 spiro atoms. The van der Waals surface area contributed by atoms with Crippen LogP contribution in [0.25, 0.3) is 11.4 Å². The molecule has 0 bridgehead atoms. The van der Waals surface area contributed by atoms with E-state index in [1.165, 1.54) is 0 Å². The molecule has 0 radical (unpaired) electrons. The maximum Gasteiger partial charge on any atom is 0.316 e. The number of carboxylic acids is 1. The van der Waals surface area contributed by atoms with E-state index in [4.69, 9.17) is 5.11 Å². The first-order valence-electron chi connectivity index (χ1n) is 5.14. The number of thioether (sulfide) groups is 1. The number of H-pyrrole nitrogens is 1. The average molecular weight is 328 g/mol. The van der Waals surface area contributed by atoms with Gasteiger partial charge >= 0.3 is 5.97 Å². The van der Waals surface area contributed by atoms with Gasteiger partial charge < -0.3 is 5.11 Å². The summed E-state index contributed by atoms with van der Waals surface area (Å²) in [7, 11) is 0. The Balaban J connectivity index is 2.21. The lowest BCUT2D eigenvalue weighted by atomic mass is 10.2. The van der Waals surface area contributed by atoms with Crippen molar-refractivity contribution >= 4 is 33.7 Å². The third kappa shape index (κ3) is 2.91. The van der Waals surface area contributed by atoms with Gasteiger partial charge in [-0.05, 0) is 13.0 Å². The Morgan fingerprint density at radius 3 is 2.89 bits per heavy atom. The monoisotopic (exact) mass is 327 g/mol.